The number of rotatable bonds is 1. The van der Waals surface area contributed by atoms with Crippen LogP contribution in [0.25, 0.3) is 0 Å². The maximum Gasteiger partial charge on any atom is 1.00 e. The third-order valence-electron chi connectivity index (χ3n) is 2.16. The molecule has 0 aliphatic heterocycles. The van der Waals surface area contributed by atoms with E-state index in [1.807, 2.05) is 0 Å². The molecule has 0 aromatic heterocycles. The van der Waals surface area contributed by atoms with Crippen LogP contribution in [0, 0.1) is 11.6 Å². The van der Waals surface area contributed by atoms with Crippen LogP contribution in [0.15, 0.2) is 36.4 Å². The van der Waals surface area contributed by atoms with Crippen molar-refractivity contribution in [2.45, 2.75) is 6.92 Å². The van der Waals surface area contributed by atoms with Crippen molar-refractivity contribution in [1.29, 1.82) is 0 Å². The molecule has 0 aliphatic carbocycles. The van der Waals surface area contributed by atoms with Crippen LogP contribution < -0.4 is 34.3 Å². The maximum absolute atomic E-state index is 12.5. The van der Waals surface area contributed by atoms with Crippen LogP contribution in [0.4, 0.5) is 13.6 Å². The molecule has 0 aliphatic rings. The van der Waals surface area contributed by atoms with E-state index in [-0.39, 0.29) is 67.3 Å². The summed E-state index contributed by atoms with van der Waals surface area (Å²) in [5.74, 6) is -0.979. The van der Waals surface area contributed by atoms with Crippen LogP contribution >= 0.6 is 34.8 Å². The van der Waals surface area contributed by atoms with Crippen LogP contribution in [0.1, 0.15) is 6.92 Å². The summed E-state index contributed by atoms with van der Waals surface area (Å²) >= 11 is 15.5. The van der Waals surface area contributed by atoms with Gasteiger partial charge in [-0.05, 0) is 48.0 Å². The topological polar surface area (TPSA) is 134 Å². The van der Waals surface area contributed by atoms with Gasteiger partial charge in [0.25, 0.3) is 0 Å². The van der Waals surface area contributed by atoms with Crippen LogP contribution in [0.2, 0.25) is 10.0 Å². The van der Waals surface area contributed by atoms with E-state index in [1.54, 1.807) is 0 Å². The molecular formula is C16H16Cl3F2NaO7. The second-order valence-corrected chi connectivity index (χ2v) is 5.54. The molecule has 0 spiro atoms. The molecule has 0 saturated heterocycles. The number of methoxy groups -OCH3 is 1. The Balaban J connectivity index is -0.000000173. The van der Waals surface area contributed by atoms with Crippen LogP contribution in [0.3, 0.4) is 0 Å². The Hall–Kier alpha value is -1.17. The van der Waals surface area contributed by atoms with Crippen LogP contribution in [-0.4, -0.2) is 34.6 Å². The van der Waals surface area contributed by atoms with Gasteiger partial charge in [0.15, 0.2) is 5.75 Å². The summed E-state index contributed by atoms with van der Waals surface area (Å²) in [5.41, 5.74) is 0. The van der Waals surface area contributed by atoms with Crippen molar-refractivity contribution >= 4 is 46.2 Å². The van der Waals surface area contributed by atoms with Gasteiger partial charge < -0.3 is 25.5 Å². The van der Waals surface area contributed by atoms with Gasteiger partial charge in [0, 0.05) is 6.92 Å². The van der Waals surface area contributed by atoms with Crippen molar-refractivity contribution in [2.24, 2.45) is 0 Å². The summed E-state index contributed by atoms with van der Waals surface area (Å²) < 4.78 is 33.5. The van der Waals surface area contributed by atoms with E-state index in [0.717, 1.165) is 24.3 Å². The average Bonchev–Trinajstić information content (AvgIpc) is 2.54. The summed E-state index contributed by atoms with van der Waals surface area (Å²) in [6.45, 7) is 1.29. The Kier molecular flexibility index (Phi) is 22.9. The molecule has 29 heavy (non-hydrogen) atoms. The monoisotopic (exact) mass is 486 g/mol. The molecule has 0 radical (unpaired) electrons. The normalized spacial score (nSPS) is 8.10. The van der Waals surface area contributed by atoms with E-state index in [9.17, 15) is 18.4 Å². The summed E-state index contributed by atoms with van der Waals surface area (Å²) in [6, 6.07) is 6.81. The molecule has 0 heterocycles. The molecule has 0 bridgehead atoms. The molecule has 0 amide bonds. The fourth-order valence-electron chi connectivity index (χ4n) is 1.17. The van der Waals surface area contributed by atoms with Gasteiger partial charge in [0.1, 0.15) is 17.4 Å². The summed E-state index contributed by atoms with van der Waals surface area (Å²) in [5, 5.41) is 8.44. The predicted molar refractivity (Wildman–Crippen MR) is 99.6 cm³/mol. The Morgan fingerprint density at radius 1 is 1.00 bits per heavy atom. The van der Waals surface area contributed by atoms with E-state index in [4.69, 9.17) is 28.3 Å². The molecule has 0 saturated carbocycles. The van der Waals surface area contributed by atoms with Crippen LogP contribution in [0.5, 0.6) is 11.5 Å². The molecule has 7 nitrogen and oxygen atoms in total. The van der Waals surface area contributed by atoms with Crippen molar-refractivity contribution < 1.29 is 73.5 Å². The molecule has 0 fully saturated rings. The van der Waals surface area contributed by atoms with Crippen LogP contribution in [-0.2, 0) is 9.53 Å². The zero-order chi connectivity index (χ0) is 20.3. The van der Waals surface area contributed by atoms with Gasteiger partial charge in [-0.2, -0.15) is 0 Å². The van der Waals surface area contributed by atoms with Gasteiger partial charge in [-0.15, -0.1) is 0 Å². The average molecular weight is 488 g/mol. The van der Waals surface area contributed by atoms with Gasteiger partial charge >= 0.3 is 35.7 Å². The molecule has 4 N–H and O–H groups in total. The third-order valence-corrected chi connectivity index (χ3v) is 2.76. The number of halogens is 5. The van der Waals surface area contributed by atoms with Crippen molar-refractivity contribution in [3.63, 3.8) is 0 Å². The number of carbonyl (C=O) groups is 2. The Labute approximate surface area is 202 Å². The first kappa shape index (κ1) is 35.3. The second kappa shape index (κ2) is 18.8. The van der Waals surface area contributed by atoms with Gasteiger partial charge in [-0.3, -0.25) is 4.79 Å². The fourth-order valence-corrected chi connectivity index (χ4v) is 1.54. The predicted octanol–water partition coefficient (Wildman–Crippen LogP) is 1.58. The number of ether oxygens (including phenoxy) is 2. The Morgan fingerprint density at radius 2 is 1.41 bits per heavy atom. The first-order chi connectivity index (χ1) is 12.1. The minimum Gasteiger partial charge on any atom is -0.870 e. The molecule has 2 rings (SSSR count). The molecule has 2 aromatic rings. The summed E-state index contributed by atoms with van der Waals surface area (Å²) in [4.78, 5) is 19.8. The van der Waals surface area contributed by atoms with E-state index < -0.39 is 17.8 Å². The number of hydrogen-bond acceptors (Lipinski definition) is 6. The first-order valence-corrected chi connectivity index (χ1v) is 7.71. The smallest absolute Gasteiger partial charge is 0.870 e. The second-order valence-electron chi connectivity index (χ2n) is 4.20. The first-order valence-electron chi connectivity index (χ1n) is 6.57. The molecule has 0 unspecified atom stereocenters. The molecule has 13 heteroatoms. The number of benzene rings is 2. The van der Waals surface area contributed by atoms with E-state index in [0.29, 0.717) is 0 Å². The number of carbonyl (C=O) groups excluding carboxylic acids is 2. The van der Waals surface area contributed by atoms with Crippen molar-refractivity contribution in [2.75, 3.05) is 7.11 Å². The number of phenols is 1. The minimum atomic E-state index is -0.895. The molecule has 158 valence electrons. The Bertz CT molecular complexity index is 763. The van der Waals surface area contributed by atoms with E-state index in [1.165, 1.54) is 26.2 Å². The van der Waals surface area contributed by atoms with Crippen molar-refractivity contribution in [1.82, 2.24) is 0 Å². The molecule has 2 aromatic carbocycles. The van der Waals surface area contributed by atoms with E-state index in [2.05, 4.69) is 21.1 Å². The fraction of sp³-hybridized carbons (Fsp3) is 0.125. The van der Waals surface area contributed by atoms with Gasteiger partial charge in [-0.1, -0.05) is 23.2 Å². The summed E-state index contributed by atoms with van der Waals surface area (Å²) in [7, 11) is 1.17. The number of phenolic OH excluding ortho intramolecular Hbond substituents is 1. The van der Waals surface area contributed by atoms with Gasteiger partial charge in [0.2, 0.25) is 5.24 Å². The minimum absolute atomic E-state index is 0. The van der Waals surface area contributed by atoms with Gasteiger partial charge in [-0.25, -0.2) is 13.6 Å². The SMILES string of the molecule is CC(=O)Cl.COC(=O)Oc1ccc(F)cc1Cl.O.Oc1ccc(F)cc1Cl.[Na+].[OH-]. The third kappa shape index (κ3) is 17.4. The standard InChI is InChI=1S/C8H6ClFO3.C6H4ClFO.C2H3ClO.Na.2H2O/c1-12-8(11)13-7-3-2-5(10)4-6(7)9;7-5-3-4(8)1-2-6(5)9;1-2(3)4;;;/h2-4H,1H3;1-3,9H;1H3;;2*1H2/q;;;+1;;/p-1. The zero-order valence-corrected chi connectivity index (χ0v) is 19.6. The summed E-state index contributed by atoms with van der Waals surface area (Å²) in [6.07, 6.45) is -0.895. The number of aromatic hydroxyl groups is 1. The van der Waals surface area contributed by atoms with Crippen molar-refractivity contribution in [3.8, 4) is 11.5 Å². The zero-order valence-electron chi connectivity index (χ0n) is 15.4. The quantitative estimate of drug-likeness (QED) is 0.281. The maximum atomic E-state index is 12.5. The number of hydrogen-bond donors (Lipinski definition) is 1. The molecule has 0 atom stereocenters. The van der Waals surface area contributed by atoms with E-state index >= 15 is 0 Å². The molecular weight excluding hydrogens is 472 g/mol. The van der Waals surface area contributed by atoms with Gasteiger partial charge in [0.05, 0.1) is 17.2 Å². The Morgan fingerprint density at radius 3 is 1.76 bits per heavy atom. The van der Waals surface area contributed by atoms with Crippen molar-refractivity contribution in [3.05, 3.63) is 58.1 Å². The largest absolute Gasteiger partial charge is 1.00 e.